The van der Waals surface area contributed by atoms with Crippen LogP contribution < -0.4 is 14.8 Å². The van der Waals surface area contributed by atoms with E-state index in [9.17, 15) is 9.59 Å². The van der Waals surface area contributed by atoms with Crippen LogP contribution in [0.5, 0.6) is 11.5 Å². The molecule has 0 saturated carbocycles. The van der Waals surface area contributed by atoms with Crippen molar-refractivity contribution in [3.05, 3.63) is 39.8 Å². The predicted molar refractivity (Wildman–Crippen MR) is 110 cm³/mol. The second kappa shape index (κ2) is 8.42. The molecule has 2 aromatic rings. The minimum absolute atomic E-state index is 0.256. The van der Waals surface area contributed by atoms with Crippen LogP contribution in [-0.4, -0.2) is 38.3 Å². The first kappa shape index (κ1) is 21.1. The fourth-order valence-electron chi connectivity index (χ4n) is 3.21. The number of ether oxygens (including phenoxy) is 4. The highest BCUT2D eigenvalue weighted by molar-refractivity contribution is 7.17. The molecule has 0 saturated heterocycles. The molecule has 1 N–H and O–H groups in total. The van der Waals surface area contributed by atoms with Crippen LogP contribution in [0.3, 0.4) is 0 Å². The van der Waals surface area contributed by atoms with Gasteiger partial charge in [-0.1, -0.05) is 0 Å². The van der Waals surface area contributed by atoms with Gasteiger partial charge in [-0.15, -0.1) is 11.3 Å². The molecule has 0 spiro atoms. The quantitative estimate of drug-likeness (QED) is 0.712. The number of rotatable bonds is 6. The Morgan fingerprint density at radius 3 is 2.59 bits per heavy atom. The van der Waals surface area contributed by atoms with Crippen molar-refractivity contribution in [2.45, 2.75) is 39.4 Å². The van der Waals surface area contributed by atoms with Gasteiger partial charge in [0.15, 0.2) is 11.5 Å². The van der Waals surface area contributed by atoms with E-state index in [1.54, 1.807) is 25.1 Å². The monoisotopic (exact) mass is 419 g/mol. The lowest BCUT2D eigenvalue weighted by atomic mass is 9.93. The summed E-state index contributed by atoms with van der Waals surface area (Å²) in [6, 6.07) is 4.90. The summed E-state index contributed by atoms with van der Waals surface area (Å²) >= 11 is 1.34. The Balaban J connectivity index is 1.95. The van der Waals surface area contributed by atoms with Crippen molar-refractivity contribution in [2.24, 2.45) is 0 Å². The van der Waals surface area contributed by atoms with Crippen LogP contribution in [0.2, 0.25) is 0 Å². The molecule has 1 aromatic carbocycles. The van der Waals surface area contributed by atoms with E-state index >= 15 is 0 Å². The zero-order valence-corrected chi connectivity index (χ0v) is 18.0. The molecule has 0 aliphatic carbocycles. The lowest BCUT2D eigenvalue weighted by molar-refractivity contribution is -0.0384. The van der Waals surface area contributed by atoms with Gasteiger partial charge in [-0.2, -0.15) is 0 Å². The largest absolute Gasteiger partial charge is 0.493 e. The lowest BCUT2D eigenvalue weighted by Gasteiger charge is -2.30. The van der Waals surface area contributed by atoms with Gasteiger partial charge in [-0.25, -0.2) is 4.79 Å². The van der Waals surface area contributed by atoms with Crippen LogP contribution >= 0.6 is 11.3 Å². The van der Waals surface area contributed by atoms with E-state index in [1.165, 1.54) is 25.6 Å². The smallest absolute Gasteiger partial charge is 0.341 e. The maximum Gasteiger partial charge on any atom is 0.341 e. The summed E-state index contributed by atoms with van der Waals surface area (Å²) in [4.78, 5) is 26.5. The van der Waals surface area contributed by atoms with Gasteiger partial charge in [-0.05, 0) is 44.5 Å². The van der Waals surface area contributed by atoms with Gasteiger partial charge in [0.25, 0.3) is 5.91 Å². The summed E-state index contributed by atoms with van der Waals surface area (Å²) in [5.74, 6) is 0.189. The maximum atomic E-state index is 12.9. The molecule has 0 atom stereocenters. The Morgan fingerprint density at radius 1 is 1.21 bits per heavy atom. The van der Waals surface area contributed by atoms with Crippen molar-refractivity contribution in [3.8, 4) is 11.5 Å². The first-order valence-electron chi connectivity index (χ1n) is 9.28. The molecule has 1 amide bonds. The number of esters is 1. The number of amides is 1. The molecule has 0 radical (unpaired) electrons. The number of methoxy groups -OCH3 is 2. The van der Waals surface area contributed by atoms with Crippen LogP contribution in [0, 0.1) is 0 Å². The number of nitrogens with one attached hydrogen (secondary N) is 1. The molecule has 1 aromatic heterocycles. The zero-order valence-electron chi connectivity index (χ0n) is 17.2. The highest BCUT2D eigenvalue weighted by Gasteiger charge is 2.34. The second-order valence-electron chi connectivity index (χ2n) is 7.18. The SMILES string of the molecule is CCOC(=O)c1c(NC(=O)c2ccc(OC)c(OC)c2)sc2c1CC(C)(C)OC2. The van der Waals surface area contributed by atoms with E-state index < -0.39 is 5.97 Å². The van der Waals surface area contributed by atoms with Gasteiger partial charge in [0.1, 0.15) is 5.00 Å². The lowest BCUT2D eigenvalue weighted by Crippen LogP contribution is -2.32. The summed E-state index contributed by atoms with van der Waals surface area (Å²) in [6.07, 6.45) is 0.569. The molecule has 3 rings (SSSR count). The number of carbonyl (C=O) groups excluding carboxylic acids is 2. The van der Waals surface area contributed by atoms with E-state index in [1.807, 2.05) is 13.8 Å². The van der Waals surface area contributed by atoms with Crippen molar-refractivity contribution in [1.29, 1.82) is 0 Å². The fourth-order valence-corrected chi connectivity index (χ4v) is 4.33. The predicted octanol–water partition coefficient (Wildman–Crippen LogP) is 4.05. The van der Waals surface area contributed by atoms with Gasteiger partial charge in [0.05, 0.1) is 38.6 Å². The topological polar surface area (TPSA) is 83.1 Å². The average Bonchev–Trinajstić information content (AvgIpc) is 3.03. The number of carbonyl (C=O) groups is 2. The third-order valence-electron chi connectivity index (χ3n) is 4.64. The second-order valence-corrected chi connectivity index (χ2v) is 8.28. The van der Waals surface area contributed by atoms with Crippen LogP contribution in [0.4, 0.5) is 5.00 Å². The number of benzene rings is 1. The van der Waals surface area contributed by atoms with Gasteiger partial charge in [0.2, 0.25) is 0 Å². The summed E-state index contributed by atoms with van der Waals surface area (Å²) < 4.78 is 21.6. The Hall–Kier alpha value is -2.58. The molecule has 0 fully saturated rings. The zero-order chi connectivity index (χ0) is 21.2. The van der Waals surface area contributed by atoms with Crippen molar-refractivity contribution in [2.75, 3.05) is 26.1 Å². The fraction of sp³-hybridized carbons (Fsp3) is 0.429. The molecule has 7 nitrogen and oxygen atoms in total. The Labute approximate surface area is 173 Å². The minimum atomic E-state index is -0.440. The van der Waals surface area contributed by atoms with Gasteiger partial charge < -0.3 is 24.3 Å². The highest BCUT2D eigenvalue weighted by atomic mass is 32.1. The van der Waals surface area contributed by atoms with Crippen LogP contribution in [-0.2, 0) is 22.5 Å². The maximum absolute atomic E-state index is 12.9. The molecule has 156 valence electrons. The van der Waals surface area contributed by atoms with E-state index in [-0.39, 0.29) is 18.1 Å². The molecule has 1 aliphatic heterocycles. The Morgan fingerprint density at radius 2 is 1.93 bits per heavy atom. The number of fused-ring (bicyclic) bond motifs is 1. The van der Waals surface area contributed by atoms with Gasteiger partial charge in [0, 0.05) is 16.9 Å². The normalized spacial score (nSPS) is 14.7. The summed E-state index contributed by atoms with van der Waals surface area (Å²) in [5.41, 5.74) is 1.30. The standard InChI is InChI=1S/C21H25NO6S/c1-6-27-20(24)17-13-10-21(2,3)28-11-16(13)29-19(17)22-18(23)12-7-8-14(25-4)15(9-12)26-5/h7-9H,6,10-11H2,1-5H3,(H,22,23). The Kier molecular flexibility index (Phi) is 6.14. The van der Waals surface area contributed by atoms with Crippen molar-refractivity contribution in [1.82, 2.24) is 0 Å². The number of hydrogen-bond donors (Lipinski definition) is 1. The first-order chi connectivity index (χ1) is 13.8. The van der Waals surface area contributed by atoms with Gasteiger partial charge >= 0.3 is 5.97 Å². The minimum Gasteiger partial charge on any atom is -0.493 e. The molecular formula is C21H25NO6S. The van der Waals surface area contributed by atoms with Crippen LogP contribution in [0.25, 0.3) is 0 Å². The molecule has 1 aliphatic rings. The van der Waals surface area contributed by atoms with Crippen molar-refractivity contribution >= 4 is 28.2 Å². The van der Waals surface area contributed by atoms with Crippen molar-refractivity contribution < 1.29 is 28.5 Å². The molecule has 29 heavy (non-hydrogen) atoms. The van der Waals surface area contributed by atoms with E-state index in [0.717, 1.165) is 10.4 Å². The summed E-state index contributed by atoms with van der Waals surface area (Å²) in [7, 11) is 3.04. The number of thiophene rings is 1. The highest BCUT2D eigenvalue weighted by Crippen LogP contribution is 2.41. The molecule has 0 bridgehead atoms. The van der Waals surface area contributed by atoms with Crippen LogP contribution in [0.1, 0.15) is 51.9 Å². The summed E-state index contributed by atoms with van der Waals surface area (Å²) in [5, 5.41) is 3.33. The van der Waals surface area contributed by atoms with E-state index in [0.29, 0.717) is 40.7 Å². The van der Waals surface area contributed by atoms with Gasteiger partial charge in [-0.3, -0.25) is 4.79 Å². The summed E-state index contributed by atoms with van der Waals surface area (Å²) in [6.45, 7) is 6.36. The first-order valence-corrected chi connectivity index (χ1v) is 10.1. The molecule has 8 heteroatoms. The number of hydrogen-bond acceptors (Lipinski definition) is 7. The average molecular weight is 419 g/mol. The van der Waals surface area contributed by atoms with Crippen molar-refractivity contribution in [3.63, 3.8) is 0 Å². The van der Waals surface area contributed by atoms with Crippen LogP contribution in [0.15, 0.2) is 18.2 Å². The molecule has 2 heterocycles. The molecule has 0 unspecified atom stereocenters. The van der Waals surface area contributed by atoms with E-state index in [2.05, 4.69) is 5.32 Å². The third-order valence-corrected chi connectivity index (χ3v) is 5.76. The third kappa shape index (κ3) is 4.38. The number of anilines is 1. The van der Waals surface area contributed by atoms with E-state index in [4.69, 9.17) is 18.9 Å². The Bertz CT molecular complexity index is 933. The molecular weight excluding hydrogens is 394 g/mol.